The summed E-state index contributed by atoms with van der Waals surface area (Å²) in [6.45, 7) is 3.37. The summed E-state index contributed by atoms with van der Waals surface area (Å²) in [6, 6.07) is 3.78. The van der Waals surface area contributed by atoms with E-state index in [1.54, 1.807) is 17.1 Å². The number of likely N-dealkylation sites (tertiary alicyclic amines) is 1. The van der Waals surface area contributed by atoms with E-state index in [1.807, 2.05) is 54.3 Å². The summed E-state index contributed by atoms with van der Waals surface area (Å²) < 4.78 is 3.67. The Labute approximate surface area is 151 Å². The number of urea groups is 1. The van der Waals surface area contributed by atoms with Gasteiger partial charge in [-0.3, -0.25) is 14.3 Å². The van der Waals surface area contributed by atoms with Crippen molar-refractivity contribution in [3.8, 4) is 11.3 Å². The highest BCUT2D eigenvalue weighted by Gasteiger charge is 2.28. The normalized spacial score (nSPS) is 16.8. The van der Waals surface area contributed by atoms with Crippen LogP contribution in [0, 0.1) is 6.92 Å². The molecule has 1 aliphatic rings. The van der Waals surface area contributed by atoms with E-state index in [9.17, 15) is 4.79 Å². The lowest BCUT2D eigenvalue weighted by Gasteiger charge is -2.18. The molecule has 1 saturated heterocycles. The smallest absolute Gasteiger partial charge is 0.321 e. The number of amides is 2. The van der Waals surface area contributed by atoms with Crippen molar-refractivity contribution in [2.75, 3.05) is 18.4 Å². The van der Waals surface area contributed by atoms with Crippen LogP contribution in [0.25, 0.3) is 11.3 Å². The molecule has 0 bridgehead atoms. The Hall–Kier alpha value is -3.16. The van der Waals surface area contributed by atoms with E-state index in [4.69, 9.17) is 0 Å². The number of hydrogen-bond donors (Lipinski definition) is 1. The van der Waals surface area contributed by atoms with Crippen LogP contribution in [0.2, 0.25) is 0 Å². The van der Waals surface area contributed by atoms with Gasteiger partial charge in [-0.15, -0.1) is 0 Å². The molecule has 0 radical (unpaired) electrons. The van der Waals surface area contributed by atoms with Crippen LogP contribution in [0.15, 0.2) is 43.1 Å². The molecule has 134 valence electrons. The van der Waals surface area contributed by atoms with Gasteiger partial charge in [-0.05, 0) is 31.0 Å². The van der Waals surface area contributed by atoms with Gasteiger partial charge in [-0.25, -0.2) is 4.79 Å². The van der Waals surface area contributed by atoms with Gasteiger partial charge >= 0.3 is 6.03 Å². The minimum atomic E-state index is -0.116. The highest BCUT2D eigenvalue weighted by Crippen LogP contribution is 2.26. The fourth-order valence-corrected chi connectivity index (χ4v) is 3.25. The lowest BCUT2D eigenvalue weighted by molar-refractivity contribution is 0.220. The lowest BCUT2D eigenvalue weighted by Crippen LogP contribution is -2.33. The molecule has 8 nitrogen and oxygen atoms in total. The second-order valence-corrected chi connectivity index (χ2v) is 6.62. The highest BCUT2D eigenvalue weighted by atomic mass is 16.2. The van der Waals surface area contributed by atoms with Crippen molar-refractivity contribution >= 4 is 11.7 Å². The second kappa shape index (κ2) is 6.62. The van der Waals surface area contributed by atoms with Crippen LogP contribution in [-0.4, -0.2) is 48.6 Å². The summed E-state index contributed by atoms with van der Waals surface area (Å²) in [4.78, 5) is 18.9. The maximum atomic E-state index is 12.7. The molecule has 4 rings (SSSR count). The van der Waals surface area contributed by atoms with E-state index in [-0.39, 0.29) is 12.1 Å². The maximum Gasteiger partial charge on any atom is 0.321 e. The van der Waals surface area contributed by atoms with E-state index in [2.05, 4.69) is 20.5 Å². The van der Waals surface area contributed by atoms with Gasteiger partial charge in [0.1, 0.15) is 0 Å². The number of nitrogens with one attached hydrogen (secondary N) is 1. The minimum Gasteiger partial charge on any atom is -0.322 e. The van der Waals surface area contributed by atoms with Crippen LogP contribution in [0.1, 0.15) is 18.0 Å². The van der Waals surface area contributed by atoms with Gasteiger partial charge in [-0.2, -0.15) is 10.2 Å². The molecular weight excluding hydrogens is 330 g/mol. The molecule has 3 aromatic rings. The Morgan fingerprint density at radius 1 is 1.27 bits per heavy atom. The lowest BCUT2D eigenvalue weighted by atomic mass is 10.2. The number of carbonyl (C=O) groups is 1. The van der Waals surface area contributed by atoms with Gasteiger partial charge in [0.05, 0.1) is 29.8 Å². The zero-order valence-corrected chi connectivity index (χ0v) is 14.8. The van der Waals surface area contributed by atoms with E-state index < -0.39 is 0 Å². The standard InChI is InChI=1S/C18H21N7O/c1-13-8-21-25(10-13)15-5-7-24(12-15)18(26)22-16-4-3-6-19-17(16)14-9-20-23(2)11-14/h3-4,6,8-11,15H,5,7,12H2,1-2H3,(H,22,26). The molecule has 2 amide bonds. The number of hydrogen-bond acceptors (Lipinski definition) is 4. The number of aromatic nitrogens is 5. The van der Waals surface area contributed by atoms with Crippen molar-refractivity contribution < 1.29 is 4.79 Å². The molecular formula is C18H21N7O. The molecule has 26 heavy (non-hydrogen) atoms. The summed E-state index contributed by atoms with van der Waals surface area (Å²) in [6.07, 6.45) is 10.1. The largest absolute Gasteiger partial charge is 0.322 e. The molecule has 0 aliphatic carbocycles. The number of pyridine rings is 1. The molecule has 1 fully saturated rings. The van der Waals surface area contributed by atoms with E-state index in [0.29, 0.717) is 24.5 Å². The molecule has 0 aromatic carbocycles. The predicted molar refractivity (Wildman–Crippen MR) is 97.6 cm³/mol. The SMILES string of the molecule is Cc1cnn(C2CCN(C(=O)Nc3cccnc3-c3cnn(C)c3)C2)c1. The minimum absolute atomic E-state index is 0.116. The number of carbonyl (C=O) groups excluding carboxylic acids is 1. The first kappa shape index (κ1) is 16.3. The van der Waals surface area contributed by atoms with Crippen molar-refractivity contribution in [2.24, 2.45) is 7.05 Å². The average Bonchev–Trinajstić information content (AvgIpc) is 3.36. The second-order valence-electron chi connectivity index (χ2n) is 6.62. The third-order valence-electron chi connectivity index (χ3n) is 4.58. The fourth-order valence-electron chi connectivity index (χ4n) is 3.25. The molecule has 1 unspecified atom stereocenters. The third-order valence-corrected chi connectivity index (χ3v) is 4.58. The molecule has 0 saturated carbocycles. The molecule has 0 spiro atoms. The van der Waals surface area contributed by atoms with Gasteiger partial charge in [-0.1, -0.05) is 0 Å². The number of aryl methyl sites for hydroxylation is 2. The van der Waals surface area contributed by atoms with E-state index in [1.165, 1.54) is 0 Å². The molecule has 1 atom stereocenters. The van der Waals surface area contributed by atoms with Crippen LogP contribution in [-0.2, 0) is 7.05 Å². The number of anilines is 1. The predicted octanol–water partition coefficient (Wildman–Crippen LogP) is 2.47. The van der Waals surface area contributed by atoms with Gasteiger partial charge in [0.25, 0.3) is 0 Å². The first-order valence-corrected chi connectivity index (χ1v) is 8.61. The van der Waals surface area contributed by atoms with Crippen molar-refractivity contribution in [3.05, 3.63) is 48.7 Å². The number of nitrogens with zero attached hydrogens (tertiary/aromatic N) is 6. The van der Waals surface area contributed by atoms with E-state index in [0.717, 1.165) is 17.5 Å². The van der Waals surface area contributed by atoms with Crippen LogP contribution in [0.4, 0.5) is 10.5 Å². The van der Waals surface area contributed by atoms with Crippen molar-refractivity contribution in [3.63, 3.8) is 0 Å². The monoisotopic (exact) mass is 351 g/mol. The number of rotatable bonds is 3. The molecule has 8 heteroatoms. The van der Waals surface area contributed by atoms with Gasteiger partial charge in [0.15, 0.2) is 0 Å². The average molecular weight is 351 g/mol. The Kier molecular flexibility index (Phi) is 4.16. The molecule has 1 aliphatic heterocycles. The van der Waals surface area contributed by atoms with Crippen LogP contribution in [0.5, 0.6) is 0 Å². The van der Waals surface area contributed by atoms with Crippen molar-refractivity contribution in [1.82, 2.24) is 29.4 Å². The third kappa shape index (κ3) is 3.17. The Morgan fingerprint density at radius 3 is 2.88 bits per heavy atom. The molecule has 4 heterocycles. The quantitative estimate of drug-likeness (QED) is 0.786. The highest BCUT2D eigenvalue weighted by molar-refractivity contribution is 5.93. The first-order chi connectivity index (χ1) is 12.6. The van der Waals surface area contributed by atoms with Gasteiger partial charge < -0.3 is 10.2 Å². The zero-order chi connectivity index (χ0) is 18.1. The summed E-state index contributed by atoms with van der Waals surface area (Å²) in [7, 11) is 1.85. The summed E-state index contributed by atoms with van der Waals surface area (Å²) >= 11 is 0. The zero-order valence-electron chi connectivity index (χ0n) is 14.8. The van der Waals surface area contributed by atoms with Crippen LogP contribution < -0.4 is 5.32 Å². The Morgan fingerprint density at radius 2 is 2.15 bits per heavy atom. The van der Waals surface area contributed by atoms with Gasteiger partial charge in [0.2, 0.25) is 0 Å². The van der Waals surface area contributed by atoms with Gasteiger partial charge in [0, 0.05) is 44.3 Å². The molecule has 3 aromatic heterocycles. The fraction of sp³-hybridized carbons (Fsp3) is 0.333. The summed E-state index contributed by atoms with van der Waals surface area (Å²) in [5, 5.41) is 11.5. The maximum absolute atomic E-state index is 12.7. The topological polar surface area (TPSA) is 80.9 Å². The Bertz CT molecular complexity index is 929. The van der Waals surface area contributed by atoms with E-state index >= 15 is 0 Å². The van der Waals surface area contributed by atoms with Crippen LogP contribution in [0.3, 0.4) is 0 Å². The summed E-state index contributed by atoms with van der Waals surface area (Å²) in [5.41, 5.74) is 3.40. The first-order valence-electron chi connectivity index (χ1n) is 8.61. The Balaban J connectivity index is 1.47. The van der Waals surface area contributed by atoms with Crippen molar-refractivity contribution in [2.45, 2.75) is 19.4 Å². The summed E-state index contributed by atoms with van der Waals surface area (Å²) in [5.74, 6) is 0. The van der Waals surface area contributed by atoms with Crippen LogP contribution >= 0.6 is 0 Å². The molecule has 1 N–H and O–H groups in total. The van der Waals surface area contributed by atoms with Crippen molar-refractivity contribution in [1.29, 1.82) is 0 Å².